The van der Waals surface area contributed by atoms with Gasteiger partial charge in [0, 0.05) is 46.0 Å². The van der Waals surface area contributed by atoms with E-state index >= 15 is 17.6 Å². The first-order chi connectivity index (χ1) is 19.8. The lowest BCUT2D eigenvalue weighted by atomic mass is 9.97. The maximum absolute atomic E-state index is 15.6. The normalized spacial score (nSPS) is 17.2. The summed E-state index contributed by atoms with van der Waals surface area (Å²) >= 11 is 5.07. The van der Waals surface area contributed by atoms with E-state index in [0.29, 0.717) is 29.3 Å². The molecule has 1 aliphatic rings. The van der Waals surface area contributed by atoms with Crippen molar-refractivity contribution in [1.82, 2.24) is 0 Å². The fraction of sp³-hybridized carbons (Fsp3) is 0.172. The Morgan fingerprint density at radius 1 is 0.857 bits per heavy atom. The van der Waals surface area contributed by atoms with E-state index in [1.807, 2.05) is 12.1 Å². The van der Waals surface area contributed by atoms with E-state index in [1.54, 1.807) is 25.1 Å². The van der Waals surface area contributed by atoms with Crippen LogP contribution in [0.5, 0.6) is 0 Å². The van der Waals surface area contributed by atoms with Crippen LogP contribution < -0.4 is 0 Å². The van der Waals surface area contributed by atoms with Crippen molar-refractivity contribution in [2.75, 3.05) is 0 Å². The van der Waals surface area contributed by atoms with Crippen molar-refractivity contribution >= 4 is 67.6 Å². The van der Waals surface area contributed by atoms with Gasteiger partial charge in [-0.2, -0.15) is 36.9 Å². The topological polar surface area (TPSA) is 47.6 Å². The minimum absolute atomic E-state index is 0.148. The first-order valence-electron chi connectivity index (χ1n) is 11.8. The lowest BCUT2D eigenvalue weighted by Gasteiger charge is -2.25. The first kappa shape index (κ1) is 30.2. The van der Waals surface area contributed by atoms with Crippen LogP contribution in [0, 0.1) is 41.3 Å². The highest BCUT2D eigenvalue weighted by atomic mass is 32.2. The van der Waals surface area contributed by atoms with Crippen LogP contribution in [0.4, 0.5) is 26.3 Å². The van der Waals surface area contributed by atoms with Crippen molar-refractivity contribution in [3.05, 3.63) is 79.2 Å². The van der Waals surface area contributed by atoms with E-state index in [1.165, 1.54) is 35.6 Å². The molecule has 1 aliphatic carbocycles. The zero-order valence-electron chi connectivity index (χ0n) is 21.1. The molecule has 0 atom stereocenters. The molecule has 5 rings (SSSR count). The van der Waals surface area contributed by atoms with Gasteiger partial charge in [0.2, 0.25) is 0 Å². The summed E-state index contributed by atoms with van der Waals surface area (Å²) in [5.41, 5.74) is -3.25. The van der Waals surface area contributed by atoms with Crippen molar-refractivity contribution in [2.45, 2.75) is 31.1 Å². The molecule has 0 bridgehead atoms. The first-order valence-corrected chi connectivity index (χ1v) is 15.9. The fourth-order valence-electron chi connectivity index (χ4n) is 4.40. The minimum atomic E-state index is -5.70. The number of alkyl halides is 6. The van der Waals surface area contributed by atoms with Crippen LogP contribution in [-0.4, -0.2) is 17.8 Å². The summed E-state index contributed by atoms with van der Waals surface area (Å²) in [5, 5.41) is 20.6. The van der Waals surface area contributed by atoms with E-state index in [-0.39, 0.29) is 9.78 Å². The second kappa shape index (κ2) is 11.1. The third-order valence-corrected chi connectivity index (χ3v) is 11.7. The summed E-state index contributed by atoms with van der Waals surface area (Å²) in [5.74, 6) is -16.1. The summed E-state index contributed by atoms with van der Waals surface area (Å²) in [6, 6.07) is 14.6. The number of thioether (sulfide) groups is 1. The van der Waals surface area contributed by atoms with E-state index < -0.39 is 40.9 Å². The summed E-state index contributed by atoms with van der Waals surface area (Å²) in [4.78, 5) is 3.56. The van der Waals surface area contributed by atoms with Crippen molar-refractivity contribution in [1.29, 1.82) is 10.5 Å². The molecule has 0 aromatic carbocycles. The van der Waals surface area contributed by atoms with Crippen LogP contribution >= 0.6 is 57.1 Å². The molecule has 4 aromatic heterocycles. The molecule has 13 heteroatoms. The Balaban J connectivity index is 1.75. The quantitative estimate of drug-likeness (QED) is 0.146. The average Bonchev–Trinajstić information content (AvgIpc) is 3.76. The van der Waals surface area contributed by atoms with Crippen molar-refractivity contribution in [3.8, 4) is 43.3 Å². The molecule has 0 unspecified atom stereocenters. The molecule has 4 heterocycles. The van der Waals surface area contributed by atoms with E-state index in [9.17, 15) is 14.0 Å². The number of hydrogen-bond acceptors (Lipinski definition) is 7. The molecular formula is C29H14F6N2S5. The number of nitriles is 2. The molecule has 0 N–H and O–H groups in total. The number of hydrogen-bond donors (Lipinski definition) is 0. The van der Waals surface area contributed by atoms with Gasteiger partial charge in [0.1, 0.15) is 21.9 Å². The molecule has 0 amide bonds. The van der Waals surface area contributed by atoms with Gasteiger partial charge in [-0.15, -0.1) is 51.8 Å². The lowest BCUT2D eigenvalue weighted by molar-refractivity contribution is -0.260. The van der Waals surface area contributed by atoms with Crippen molar-refractivity contribution in [2.24, 2.45) is 0 Å². The molecule has 0 fully saturated rings. The molecule has 0 aliphatic heterocycles. The number of aryl methyl sites for hydroxylation is 1. The number of thiophene rings is 4. The predicted octanol–water partition coefficient (Wildman–Crippen LogP) is 10.7. The van der Waals surface area contributed by atoms with E-state index in [0.717, 1.165) is 56.7 Å². The summed E-state index contributed by atoms with van der Waals surface area (Å²) in [6.45, 7) is 1.77. The van der Waals surface area contributed by atoms with Crippen LogP contribution in [0.1, 0.15) is 31.5 Å². The summed E-state index contributed by atoms with van der Waals surface area (Å²) < 4.78 is 92.0. The van der Waals surface area contributed by atoms with Gasteiger partial charge >= 0.3 is 17.8 Å². The van der Waals surface area contributed by atoms with Crippen LogP contribution in [0.25, 0.3) is 30.0 Å². The number of halogens is 6. The smallest absolute Gasteiger partial charge is 0.194 e. The lowest BCUT2D eigenvalue weighted by Crippen LogP contribution is -2.49. The molecule has 4 aromatic rings. The second-order valence-electron chi connectivity index (χ2n) is 8.88. The Hall–Kier alpha value is -3.25. The standard InChI is InChI=1S/C29H14F6N2S5/c1-3-38-20(21-9-5-16(13-36)40-21)11-7-19-25(28(32,33)29(34,35)27(19,30)31)18-12-24(22-10-6-17(14-37)41-22)42-26(18)23-8-4-15(2)39-23/h1,4-6,8-12H,7H2,2H3/b20-11-. The van der Waals surface area contributed by atoms with Gasteiger partial charge in [-0.3, -0.25) is 0 Å². The molecule has 0 radical (unpaired) electrons. The van der Waals surface area contributed by atoms with Crippen LogP contribution in [-0.2, 0) is 0 Å². The fourth-order valence-corrected chi connectivity index (χ4v) is 8.89. The molecule has 42 heavy (non-hydrogen) atoms. The maximum atomic E-state index is 15.6. The second-order valence-corrected chi connectivity index (χ2v) is 14.3. The van der Waals surface area contributed by atoms with Crippen LogP contribution in [0.15, 0.2) is 54.1 Å². The Morgan fingerprint density at radius 3 is 2.12 bits per heavy atom. The molecule has 0 saturated carbocycles. The summed E-state index contributed by atoms with van der Waals surface area (Å²) in [6.07, 6.45) is 5.58. The molecule has 0 saturated heterocycles. The number of allylic oxidation sites excluding steroid dienone is 3. The van der Waals surface area contributed by atoms with Gasteiger partial charge in [0.25, 0.3) is 0 Å². The highest BCUT2D eigenvalue weighted by Gasteiger charge is 2.79. The SMILES string of the molecule is C#CS/C(=C\CC1=C(c2cc(-c3ccc(C#N)s3)sc2-c2ccc(C)s2)C(F)(F)C(F)(F)C1(F)F)c1ccc(C#N)s1. The zero-order chi connectivity index (χ0) is 30.4. The van der Waals surface area contributed by atoms with Crippen molar-refractivity contribution in [3.63, 3.8) is 0 Å². The zero-order valence-corrected chi connectivity index (χ0v) is 25.2. The number of rotatable bonds is 7. The van der Waals surface area contributed by atoms with Gasteiger partial charge in [0.15, 0.2) is 0 Å². The van der Waals surface area contributed by atoms with Crippen LogP contribution in [0.2, 0.25) is 0 Å². The average molecular weight is 665 g/mol. The number of nitrogens with zero attached hydrogens (tertiary/aromatic N) is 2. The third-order valence-electron chi connectivity index (χ3n) is 6.33. The Labute approximate surface area is 256 Å². The highest BCUT2D eigenvalue weighted by Crippen LogP contribution is 2.64. The molecule has 212 valence electrons. The largest absolute Gasteiger partial charge is 0.380 e. The Kier molecular flexibility index (Phi) is 7.99. The predicted molar refractivity (Wildman–Crippen MR) is 160 cm³/mol. The Morgan fingerprint density at radius 2 is 1.52 bits per heavy atom. The van der Waals surface area contributed by atoms with Gasteiger partial charge in [0.05, 0.1) is 4.88 Å². The van der Waals surface area contributed by atoms with Gasteiger partial charge < -0.3 is 0 Å². The maximum Gasteiger partial charge on any atom is 0.380 e. The van der Waals surface area contributed by atoms with Gasteiger partial charge in [-0.05, 0) is 72.8 Å². The third kappa shape index (κ3) is 4.92. The summed E-state index contributed by atoms with van der Waals surface area (Å²) in [7, 11) is 0. The van der Waals surface area contributed by atoms with E-state index in [4.69, 9.17) is 11.7 Å². The van der Waals surface area contributed by atoms with E-state index in [2.05, 4.69) is 5.25 Å². The van der Waals surface area contributed by atoms with Gasteiger partial charge in [-0.25, -0.2) is 0 Å². The molecule has 2 nitrogen and oxygen atoms in total. The van der Waals surface area contributed by atoms with Crippen LogP contribution in [0.3, 0.4) is 0 Å². The molecule has 0 spiro atoms. The molecular weight excluding hydrogens is 651 g/mol. The highest BCUT2D eigenvalue weighted by molar-refractivity contribution is 8.12. The minimum Gasteiger partial charge on any atom is -0.194 e. The van der Waals surface area contributed by atoms with Crippen molar-refractivity contribution < 1.29 is 26.3 Å². The Bertz CT molecular complexity index is 1880. The monoisotopic (exact) mass is 664 g/mol. The number of terminal acetylenes is 1. The van der Waals surface area contributed by atoms with Gasteiger partial charge in [-0.1, -0.05) is 6.08 Å².